The van der Waals surface area contributed by atoms with Gasteiger partial charge in [0.15, 0.2) is 11.6 Å². The van der Waals surface area contributed by atoms with Crippen molar-refractivity contribution in [2.45, 2.75) is 24.6 Å². The SMILES string of the molecule is COc1c(F)cc(F)cc1CC(Cl)C1CC1. The number of hydrogen-bond donors (Lipinski definition) is 0. The second-order valence-electron chi connectivity index (χ2n) is 4.14. The minimum absolute atomic E-state index is 0.0601. The van der Waals surface area contributed by atoms with Gasteiger partial charge in [0, 0.05) is 17.0 Å². The Morgan fingerprint density at radius 2 is 2.12 bits per heavy atom. The Hall–Kier alpha value is -0.830. The average Bonchev–Trinajstić information content (AvgIpc) is 2.99. The van der Waals surface area contributed by atoms with Crippen molar-refractivity contribution in [3.8, 4) is 5.75 Å². The number of ether oxygens (including phenoxy) is 1. The summed E-state index contributed by atoms with van der Waals surface area (Å²) in [5.74, 6) is -0.671. The molecule has 16 heavy (non-hydrogen) atoms. The minimum Gasteiger partial charge on any atom is -0.493 e. The molecule has 4 heteroatoms. The van der Waals surface area contributed by atoms with Crippen LogP contribution >= 0.6 is 11.6 Å². The summed E-state index contributed by atoms with van der Waals surface area (Å²) in [5.41, 5.74) is 0.506. The molecule has 88 valence electrons. The summed E-state index contributed by atoms with van der Waals surface area (Å²) in [6.45, 7) is 0. The Morgan fingerprint density at radius 1 is 1.44 bits per heavy atom. The summed E-state index contributed by atoms with van der Waals surface area (Å²) < 4.78 is 31.4. The molecule has 0 heterocycles. The maximum absolute atomic E-state index is 13.4. The lowest BCUT2D eigenvalue weighted by Crippen LogP contribution is -2.08. The van der Waals surface area contributed by atoms with E-state index in [0.29, 0.717) is 17.9 Å². The molecule has 0 N–H and O–H groups in total. The van der Waals surface area contributed by atoms with Crippen LogP contribution in [0, 0.1) is 17.6 Å². The van der Waals surface area contributed by atoms with Crippen LogP contribution in [0.5, 0.6) is 5.75 Å². The summed E-state index contributed by atoms with van der Waals surface area (Å²) in [4.78, 5) is 0. The summed E-state index contributed by atoms with van der Waals surface area (Å²) in [5, 5.41) is -0.0601. The van der Waals surface area contributed by atoms with E-state index in [2.05, 4.69) is 0 Å². The minimum atomic E-state index is -0.669. The third-order valence-electron chi connectivity index (χ3n) is 2.84. The summed E-state index contributed by atoms with van der Waals surface area (Å²) in [6.07, 6.45) is 2.66. The quantitative estimate of drug-likeness (QED) is 0.739. The topological polar surface area (TPSA) is 9.23 Å². The molecule has 1 aromatic rings. The lowest BCUT2D eigenvalue weighted by molar-refractivity contribution is 0.378. The van der Waals surface area contributed by atoms with E-state index in [9.17, 15) is 8.78 Å². The normalized spacial score (nSPS) is 17.2. The van der Waals surface area contributed by atoms with Crippen LogP contribution in [0.15, 0.2) is 12.1 Å². The molecular weight excluding hydrogens is 234 g/mol. The van der Waals surface area contributed by atoms with Gasteiger partial charge in [-0.3, -0.25) is 0 Å². The van der Waals surface area contributed by atoms with Gasteiger partial charge in [-0.2, -0.15) is 0 Å². The van der Waals surface area contributed by atoms with Crippen molar-refractivity contribution >= 4 is 11.6 Å². The largest absolute Gasteiger partial charge is 0.493 e. The lowest BCUT2D eigenvalue weighted by atomic mass is 10.1. The van der Waals surface area contributed by atoms with Gasteiger partial charge in [0.05, 0.1) is 7.11 Å². The number of halogens is 3. The van der Waals surface area contributed by atoms with E-state index in [0.717, 1.165) is 18.9 Å². The van der Waals surface area contributed by atoms with Crippen molar-refractivity contribution in [2.75, 3.05) is 7.11 Å². The first kappa shape index (κ1) is 11.6. The fourth-order valence-corrected chi connectivity index (χ4v) is 2.25. The van der Waals surface area contributed by atoms with Crippen LogP contribution in [-0.4, -0.2) is 12.5 Å². The maximum atomic E-state index is 13.4. The molecule has 0 aromatic heterocycles. The van der Waals surface area contributed by atoms with Gasteiger partial charge in [-0.05, 0) is 31.2 Å². The fraction of sp³-hybridized carbons (Fsp3) is 0.500. The molecule has 1 aromatic carbocycles. The van der Waals surface area contributed by atoms with Gasteiger partial charge < -0.3 is 4.74 Å². The first-order valence-electron chi connectivity index (χ1n) is 5.27. The van der Waals surface area contributed by atoms with Gasteiger partial charge in [0.1, 0.15) is 5.82 Å². The van der Waals surface area contributed by atoms with Crippen LogP contribution in [0.1, 0.15) is 18.4 Å². The standard InChI is InChI=1S/C12H13ClF2O/c1-16-12-8(4-9(14)6-11(12)15)5-10(13)7-2-3-7/h4,6-7,10H,2-3,5H2,1H3. The monoisotopic (exact) mass is 246 g/mol. The van der Waals surface area contributed by atoms with Crippen LogP contribution in [0.3, 0.4) is 0 Å². The lowest BCUT2D eigenvalue weighted by Gasteiger charge is -2.12. The van der Waals surface area contributed by atoms with E-state index in [1.54, 1.807) is 0 Å². The van der Waals surface area contributed by atoms with Crippen LogP contribution in [0.2, 0.25) is 0 Å². The van der Waals surface area contributed by atoms with Crippen LogP contribution < -0.4 is 4.74 Å². The molecular formula is C12H13ClF2O. The fourth-order valence-electron chi connectivity index (χ4n) is 1.83. The van der Waals surface area contributed by atoms with E-state index in [4.69, 9.17) is 16.3 Å². The number of hydrogen-bond acceptors (Lipinski definition) is 1. The molecule has 1 atom stereocenters. The molecule has 0 radical (unpaired) electrons. The Balaban J connectivity index is 2.23. The highest BCUT2D eigenvalue weighted by molar-refractivity contribution is 6.21. The van der Waals surface area contributed by atoms with Crippen LogP contribution in [0.25, 0.3) is 0 Å². The average molecular weight is 247 g/mol. The molecule has 1 aliphatic rings. The van der Waals surface area contributed by atoms with E-state index < -0.39 is 11.6 Å². The van der Waals surface area contributed by atoms with Crippen LogP contribution in [0.4, 0.5) is 8.78 Å². The van der Waals surface area contributed by atoms with E-state index >= 15 is 0 Å². The third kappa shape index (κ3) is 2.46. The second-order valence-corrected chi connectivity index (χ2v) is 4.70. The first-order chi connectivity index (χ1) is 7.61. The van der Waals surface area contributed by atoms with Crippen molar-refractivity contribution in [1.82, 2.24) is 0 Å². The predicted octanol–water partition coefficient (Wildman–Crippen LogP) is 3.53. The van der Waals surface area contributed by atoms with Gasteiger partial charge in [0.2, 0.25) is 0 Å². The Kier molecular flexibility index (Phi) is 3.33. The summed E-state index contributed by atoms with van der Waals surface area (Å²) in [6, 6.07) is 2.11. The Morgan fingerprint density at radius 3 is 2.69 bits per heavy atom. The number of rotatable bonds is 4. The van der Waals surface area contributed by atoms with Crippen molar-refractivity contribution in [1.29, 1.82) is 0 Å². The smallest absolute Gasteiger partial charge is 0.168 e. The highest BCUT2D eigenvalue weighted by atomic mass is 35.5. The van der Waals surface area contributed by atoms with Gasteiger partial charge in [-0.1, -0.05) is 0 Å². The highest BCUT2D eigenvalue weighted by Gasteiger charge is 2.30. The third-order valence-corrected chi connectivity index (χ3v) is 3.35. The molecule has 0 saturated heterocycles. The molecule has 0 spiro atoms. The van der Waals surface area contributed by atoms with E-state index in [1.807, 2.05) is 0 Å². The molecule has 1 fully saturated rings. The zero-order chi connectivity index (χ0) is 11.7. The van der Waals surface area contributed by atoms with Crippen molar-refractivity contribution in [2.24, 2.45) is 5.92 Å². The first-order valence-corrected chi connectivity index (χ1v) is 5.71. The van der Waals surface area contributed by atoms with Gasteiger partial charge in [-0.25, -0.2) is 8.78 Å². The van der Waals surface area contributed by atoms with Gasteiger partial charge in [0.25, 0.3) is 0 Å². The van der Waals surface area contributed by atoms with Gasteiger partial charge in [-0.15, -0.1) is 11.6 Å². The van der Waals surface area contributed by atoms with Gasteiger partial charge >= 0.3 is 0 Å². The maximum Gasteiger partial charge on any atom is 0.168 e. The number of methoxy groups -OCH3 is 1. The van der Waals surface area contributed by atoms with Crippen molar-refractivity contribution in [3.63, 3.8) is 0 Å². The molecule has 0 aliphatic heterocycles. The number of benzene rings is 1. The zero-order valence-corrected chi connectivity index (χ0v) is 9.73. The highest BCUT2D eigenvalue weighted by Crippen LogP contribution is 2.38. The Labute approximate surface area is 98.4 Å². The summed E-state index contributed by atoms with van der Waals surface area (Å²) >= 11 is 6.15. The molecule has 1 unspecified atom stereocenters. The molecule has 2 rings (SSSR count). The van der Waals surface area contributed by atoms with Crippen LogP contribution in [-0.2, 0) is 6.42 Å². The number of alkyl halides is 1. The molecule has 1 aliphatic carbocycles. The summed E-state index contributed by atoms with van der Waals surface area (Å²) in [7, 11) is 1.38. The molecule has 0 bridgehead atoms. The molecule has 1 saturated carbocycles. The van der Waals surface area contributed by atoms with Crippen molar-refractivity contribution in [3.05, 3.63) is 29.3 Å². The van der Waals surface area contributed by atoms with E-state index in [1.165, 1.54) is 13.2 Å². The second kappa shape index (κ2) is 4.58. The zero-order valence-electron chi connectivity index (χ0n) is 8.97. The molecule has 1 nitrogen and oxygen atoms in total. The van der Waals surface area contributed by atoms with E-state index in [-0.39, 0.29) is 11.1 Å². The molecule has 0 amide bonds. The van der Waals surface area contributed by atoms with Crippen molar-refractivity contribution < 1.29 is 13.5 Å². The predicted molar refractivity (Wildman–Crippen MR) is 59.0 cm³/mol. The Bertz CT molecular complexity index is 391.